The molecule has 0 aliphatic rings. The molecule has 12 atom stereocenters. The lowest BCUT2D eigenvalue weighted by Crippen LogP contribution is -2.31. The molecule has 0 aromatic heterocycles. The van der Waals surface area contributed by atoms with Crippen molar-refractivity contribution < 1.29 is 67.1 Å². The number of hydrogen-bond acceptors (Lipinski definition) is 14. The Kier molecular flexibility index (Phi) is 31.4. The fourth-order valence-electron chi connectivity index (χ4n) is 4.05. The average Bonchev–Trinajstić information content (AvgIpc) is 3.11. The first kappa shape index (κ1) is 50.4. The summed E-state index contributed by atoms with van der Waals surface area (Å²) in [6, 6.07) is 0. The standard InChI is InChI=1S/C37H76O14/c1-26(13-38)41-14-27(2)42-15-28(3)43-16-29(4)44-17-30(5)45-18-31(6)46-19-32(7)47-20-33(8)48-21-34(9)49-22-35(10)50-23-36(11)51-25-37(39)24-40-12/h26-39H,13-25H2,1-12H3. The molecule has 0 aliphatic heterocycles. The average molecular weight is 745 g/mol. The number of hydrogen-bond donors (Lipinski definition) is 2. The van der Waals surface area contributed by atoms with Crippen LogP contribution in [0.1, 0.15) is 76.2 Å². The predicted octanol–water partition coefficient (Wildman–Crippen LogP) is 3.44. The summed E-state index contributed by atoms with van der Waals surface area (Å²) in [5, 5.41) is 18.7. The lowest BCUT2D eigenvalue weighted by molar-refractivity contribution is -0.114. The summed E-state index contributed by atoms with van der Waals surface area (Å²) in [5.41, 5.74) is 0. The monoisotopic (exact) mass is 745 g/mol. The Bertz CT molecular complexity index is 767. The van der Waals surface area contributed by atoms with Gasteiger partial charge >= 0.3 is 0 Å². The lowest BCUT2D eigenvalue weighted by Gasteiger charge is -2.23. The number of aliphatic hydroxyl groups excluding tert-OH is 2. The van der Waals surface area contributed by atoms with Crippen LogP contribution in [-0.4, -0.2) is 176 Å². The number of aliphatic hydroxyl groups is 2. The predicted molar refractivity (Wildman–Crippen MR) is 195 cm³/mol. The Morgan fingerprint density at radius 1 is 0.294 bits per heavy atom. The summed E-state index contributed by atoms with van der Waals surface area (Å²) in [4.78, 5) is 0. The van der Waals surface area contributed by atoms with Gasteiger partial charge in [0.1, 0.15) is 6.10 Å². The van der Waals surface area contributed by atoms with Crippen LogP contribution in [0.25, 0.3) is 0 Å². The third-order valence-corrected chi connectivity index (χ3v) is 7.34. The van der Waals surface area contributed by atoms with Crippen LogP contribution in [0, 0.1) is 0 Å². The minimum atomic E-state index is -0.646. The molecule has 14 nitrogen and oxygen atoms in total. The van der Waals surface area contributed by atoms with E-state index in [0.29, 0.717) is 66.1 Å². The first-order valence-corrected chi connectivity index (χ1v) is 18.7. The van der Waals surface area contributed by atoms with Gasteiger partial charge in [0.25, 0.3) is 0 Å². The Labute approximate surface area is 309 Å². The number of methoxy groups -OCH3 is 1. The maximum absolute atomic E-state index is 9.68. The van der Waals surface area contributed by atoms with Crippen LogP contribution >= 0.6 is 0 Å². The molecule has 0 heterocycles. The molecule has 2 N–H and O–H groups in total. The van der Waals surface area contributed by atoms with Crippen LogP contribution < -0.4 is 0 Å². The molecule has 0 aliphatic carbocycles. The van der Waals surface area contributed by atoms with Crippen LogP contribution in [-0.2, 0) is 56.8 Å². The van der Waals surface area contributed by atoms with E-state index in [0.717, 1.165) is 0 Å². The van der Waals surface area contributed by atoms with Gasteiger partial charge in [-0.05, 0) is 76.2 Å². The second kappa shape index (κ2) is 31.8. The Balaban J connectivity index is 3.94. The summed E-state index contributed by atoms with van der Waals surface area (Å²) in [6.07, 6.45) is -1.82. The van der Waals surface area contributed by atoms with Crippen molar-refractivity contribution in [3.63, 3.8) is 0 Å². The second-order valence-corrected chi connectivity index (χ2v) is 13.9. The first-order valence-electron chi connectivity index (χ1n) is 18.7. The normalized spacial score (nSPS) is 19.4. The summed E-state index contributed by atoms with van der Waals surface area (Å²) >= 11 is 0. The zero-order valence-corrected chi connectivity index (χ0v) is 33.9. The van der Waals surface area contributed by atoms with E-state index in [1.165, 1.54) is 0 Å². The fourth-order valence-corrected chi connectivity index (χ4v) is 4.05. The van der Waals surface area contributed by atoms with Crippen LogP contribution in [0.15, 0.2) is 0 Å². The molecule has 0 rings (SSSR count). The maximum atomic E-state index is 9.68. The van der Waals surface area contributed by atoms with Gasteiger partial charge in [0.2, 0.25) is 0 Å². The maximum Gasteiger partial charge on any atom is 0.101 e. The molecular weight excluding hydrogens is 668 g/mol. The van der Waals surface area contributed by atoms with Crippen LogP contribution in [0.2, 0.25) is 0 Å². The van der Waals surface area contributed by atoms with Gasteiger partial charge in [-0.15, -0.1) is 0 Å². The lowest BCUT2D eigenvalue weighted by atomic mass is 10.3. The van der Waals surface area contributed by atoms with E-state index in [2.05, 4.69) is 0 Å². The van der Waals surface area contributed by atoms with Crippen LogP contribution in [0.3, 0.4) is 0 Å². The highest BCUT2D eigenvalue weighted by molar-refractivity contribution is 4.61. The molecule has 0 saturated carbocycles. The van der Waals surface area contributed by atoms with Crippen molar-refractivity contribution >= 4 is 0 Å². The summed E-state index contributed by atoms with van der Waals surface area (Å²) < 4.78 is 68.8. The second-order valence-electron chi connectivity index (χ2n) is 13.9. The number of rotatable bonds is 36. The van der Waals surface area contributed by atoms with Crippen molar-refractivity contribution in [1.82, 2.24) is 0 Å². The van der Waals surface area contributed by atoms with Crippen molar-refractivity contribution in [2.24, 2.45) is 0 Å². The topological polar surface area (TPSA) is 151 Å². The van der Waals surface area contributed by atoms with Gasteiger partial charge < -0.3 is 67.1 Å². The van der Waals surface area contributed by atoms with Crippen LogP contribution in [0.5, 0.6) is 0 Å². The smallest absolute Gasteiger partial charge is 0.101 e. The van der Waals surface area contributed by atoms with Gasteiger partial charge in [-0.25, -0.2) is 0 Å². The van der Waals surface area contributed by atoms with E-state index in [1.807, 2.05) is 76.2 Å². The van der Waals surface area contributed by atoms with E-state index < -0.39 is 6.10 Å². The molecule has 0 saturated heterocycles. The van der Waals surface area contributed by atoms with Gasteiger partial charge in [0.15, 0.2) is 0 Å². The highest BCUT2D eigenvalue weighted by atomic mass is 16.6. The summed E-state index contributed by atoms with van der Waals surface area (Å²) in [5.74, 6) is 0. The van der Waals surface area contributed by atoms with Gasteiger partial charge in [-0.1, -0.05) is 0 Å². The Morgan fingerprint density at radius 2 is 0.471 bits per heavy atom. The van der Waals surface area contributed by atoms with Crippen molar-refractivity contribution in [3.05, 3.63) is 0 Å². The van der Waals surface area contributed by atoms with Crippen molar-refractivity contribution in [1.29, 1.82) is 0 Å². The molecule has 12 unspecified atom stereocenters. The van der Waals surface area contributed by atoms with Gasteiger partial charge in [0, 0.05) is 7.11 Å². The van der Waals surface area contributed by atoms with Gasteiger partial charge in [0.05, 0.1) is 153 Å². The van der Waals surface area contributed by atoms with Gasteiger partial charge in [-0.2, -0.15) is 0 Å². The molecule has 0 radical (unpaired) electrons. The molecular formula is C37H76O14. The molecule has 0 aromatic carbocycles. The quantitative estimate of drug-likeness (QED) is 0.0964. The Hall–Kier alpha value is -0.560. The number of ether oxygens (including phenoxy) is 12. The minimum Gasteiger partial charge on any atom is -0.394 e. The minimum absolute atomic E-state index is 0.00785. The largest absolute Gasteiger partial charge is 0.394 e. The highest BCUT2D eigenvalue weighted by Crippen LogP contribution is 2.07. The summed E-state index contributed by atoms with van der Waals surface area (Å²) in [7, 11) is 1.54. The van der Waals surface area contributed by atoms with Crippen molar-refractivity contribution in [3.8, 4) is 0 Å². The van der Waals surface area contributed by atoms with E-state index in [1.54, 1.807) is 7.11 Å². The SMILES string of the molecule is COCC(O)COC(C)COC(C)COC(C)COC(C)COC(C)COC(C)COC(C)COC(C)COC(C)COC(C)COC(C)CO. The van der Waals surface area contributed by atoms with E-state index in [4.69, 9.17) is 61.9 Å². The fraction of sp³-hybridized carbons (Fsp3) is 1.00. The van der Waals surface area contributed by atoms with E-state index in [9.17, 15) is 5.11 Å². The molecule has 0 amide bonds. The molecule has 308 valence electrons. The summed E-state index contributed by atoms with van der Waals surface area (Å²) in [6.45, 7) is 26.2. The molecule has 14 heteroatoms. The molecule has 0 aromatic rings. The van der Waals surface area contributed by atoms with E-state index >= 15 is 0 Å². The van der Waals surface area contributed by atoms with Gasteiger partial charge in [-0.3, -0.25) is 0 Å². The Morgan fingerprint density at radius 3 is 0.647 bits per heavy atom. The third kappa shape index (κ3) is 31.5. The van der Waals surface area contributed by atoms with Crippen LogP contribution in [0.4, 0.5) is 0 Å². The van der Waals surface area contributed by atoms with Crippen molar-refractivity contribution in [2.75, 3.05) is 93.0 Å². The zero-order valence-electron chi connectivity index (χ0n) is 33.9. The van der Waals surface area contributed by atoms with E-state index in [-0.39, 0.29) is 87.0 Å². The first-order chi connectivity index (χ1) is 24.1. The molecule has 0 fully saturated rings. The van der Waals surface area contributed by atoms with Crippen molar-refractivity contribution in [2.45, 2.75) is 149 Å². The highest BCUT2D eigenvalue weighted by Gasteiger charge is 2.16. The zero-order chi connectivity index (χ0) is 38.6. The molecule has 0 spiro atoms. The third-order valence-electron chi connectivity index (χ3n) is 7.34. The molecule has 0 bridgehead atoms. The molecule has 51 heavy (non-hydrogen) atoms.